The van der Waals surface area contributed by atoms with Gasteiger partial charge in [0, 0.05) is 25.2 Å². The van der Waals surface area contributed by atoms with Crippen LogP contribution in [0.15, 0.2) is 28.7 Å². The van der Waals surface area contributed by atoms with Gasteiger partial charge >= 0.3 is 0 Å². The molecule has 6 heteroatoms. The van der Waals surface area contributed by atoms with Crippen LogP contribution in [0.5, 0.6) is 5.75 Å². The van der Waals surface area contributed by atoms with Crippen LogP contribution in [0.1, 0.15) is 22.1 Å². The summed E-state index contributed by atoms with van der Waals surface area (Å²) in [4.78, 5) is 16.1. The summed E-state index contributed by atoms with van der Waals surface area (Å²) in [6.45, 7) is 4.29. The number of ether oxygens (including phenoxy) is 1. The fourth-order valence-corrected chi connectivity index (χ4v) is 1.77. The van der Waals surface area contributed by atoms with Crippen LogP contribution in [-0.2, 0) is 0 Å². The second-order valence-electron chi connectivity index (χ2n) is 4.27. The summed E-state index contributed by atoms with van der Waals surface area (Å²) in [5.74, 6) is 1.00. The zero-order chi connectivity index (χ0) is 14.5. The van der Waals surface area contributed by atoms with Gasteiger partial charge in [-0.2, -0.15) is 0 Å². The van der Waals surface area contributed by atoms with Gasteiger partial charge in [-0.05, 0) is 19.1 Å². The third kappa shape index (κ3) is 3.36. The Morgan fingerprint density at radius 3 is 2.90 bits per heavy atom. The molecule has 3 N–H and O–H groups in total. The number of nitrogens with two attached hydrogens (primary N) is 1. The van der Waals surface area contributed by atoms with Gasteiger partial charge in [-0.3, -0.25) is 4.79 Å². The van der Waals surface area contributed by atoms with Crippen LogP contribution in [-0.4, -0.2) is 24.0 Å². The maximum absolute atomic E-state index is 12.1. The van der Waals surface area contributed by atoms with Crippen LogP contribution in [0.25, 0.3) is 0 Å². The Balaban J connectivity index is 2.09. The second kappa shape index (κ2) is 6.21. The van der Waals surface area contributed by atoms with Gasteiger partial charge in [0.05, 0.1) is 5.69 Å². The molecule has 0 aliphatic rings. The molecule has 0 unspecified atom stereocenters. The number of benzene rings is 1. The normalized spacial score (nSPS) is 10.3. The Labute approximate surface area is 116 Å². The lowest BCUT2D eigenvalue weighted by Gasteiger charge is -2.07. The highest BCUT2D eigenvalue weighted by atomic mass is 16.5. The summed E-state index contributed by atoms with van der Waals surface area (Å²) < 4.78 is 10.7. The van der Waals surface area contributed by atoms with E-state index in [-0.39, 0.29) is 11.7 Å². The van der Waals surface area contributed by atoms with E-state index in [4.69, 9.17) is 14.9 Å². The molecule has 1 heterocycles. The van der Waals surface area contributed by atoms with Crippen LogP contribution in [0.2, 0.25) is 0 Å². The van der Waals surface area contributed by atoms with Crippen molar-refractivity contribution in [2.75, 3.05) is 18.5 Å². The largest absolute Gasteiger partial charge is 0.492 e. The van der Waals surface area contributed by atoms with Gasteiger partial charge in [-0.15, -0.1) is 0 Å². The summed E-state index contributed by atoms with van der Waals surface area (Å²) in [5.41, 5.74) is 6.56. The lowest BCUT2D eigenvalue weighted by atomic mass is 10.3. The molecule has 0 atom stereocenters. The molecule has 0 aliphatic heterocycles. The van der Waals surface area contributed by atoms with Crippen molar-refractivity contribution in [1.29, 1.82) is 0 Å². The number of oxazole rings is 1. The van der Waals surface area contributed by atoms with Crippen LogP contribution in [0.4, 0.5) is 5.69 Å². The first-order valence-corrected chi connectivity index (χ1v) is 6.28. The molecule has 6 nitrogen and oxygen atoms in total. The highest BCUT2D eigenvalue weighted by molar-refractivity contribution is 6.03. The third-order valence-corrected chi connectivity index (χ3v) is 2.59. The summed E-state index contributed by atoms with van der Waals surface area (Å²) >= 11 is 0. The number of nitrogens with zero attached hydrogens (tertiary/aromatic N) is 1. The minimum atomic E-state index is -0.334. The van der Waals surface area contributed by atoms with Gasteiger partial charge in [-0.25, -0.2) is 4.98 Å². The maximum Gasteiger partial charge on any atom is 0.293 e. The van der Waals surface area contributed by atoms with E-state index in [1.54, 1.807) is 38.1 Å². The molecule has 1 amide bonds. The Bertz CT molecular complexity index is 607. The lowest BCUT2D eigenvalue weighted by Crippen LogP contribution is -2.13. The van der Waals surface area contributed by atoms with E-state index in [1.807, 2.05) is 0 Å². The van der Waals surface area contributed by atoms with Crippen molar-refractivity contribution >= 4 is 11.6 Å². The van der Waals surface area contributed by atoms with Crippen molar-refractivity contribution in [2.24, 2.45) is 5.73 Å². The average Bonchev–Trinajstić information content (AvgIpc) is 2.76. The molecule has 0 radical (unpaired) electrons. The van der Waals surface area contributed by atoms with Crippen molar-refractivity contribution in [2.45, 2.75) is 13.8 Å². The summed E-state index contributed by atoms with van der Waals surface area (Å²) in [7, 11) is 0. The molecular weight excluding hydrogens is 258 g/mol. The summed E-state index contributed by atoms with van der Waals surface area (Å²) in [6, 6.07) is 7.09. The van der Waals surface area contributed by atoms with Gasteiger partial charge in [0.1, 0.15) is 12.4 Å². The predicted molar refractivity (Wildman–Crippen MR) is 74.9 cm³/mol. The molecule has 2 aromatic rings. The Morgan fingerprint density at radius 1 is 1.45 bits per heavy atom. The molecule has 20 heavy (non-hydrogen) atoms. The first-order valence-electron chi connectivity index (χ1n) is 6.28. The minimum absolute atomic E-state index is 0.218. The predicted octanol–water partition coefficient (Wildman–Crippen LogP) is 1.88. The standard InChI is InChI=1S/C14H17N3O3/c1-9-13(20-10(2)16-9)14(18)17-11-4-3-5-12(8-11)19-7-6-15/h3-5,8H,6-7,15H2,1-2H3,(H,17,18). The Morgan fingerprint density at radius 2 is 2.25 bits per heavy atom. The van der Waals surface area contributed by atoms with Gasteiger partial charge in [0.25, 0.3) is 5.91 Å². The van der Waals surface area contributed by atoms with Crippen molar-refractivity contribution in [3.05, 3.63) is 41.6 Å². The van der Waals surface area contributed by atoms with Gasteiger partial charge < -0.3 is 20.2 Å². The molecular formula is C14H17N3O3. The monoisotopic (exact) mass is 275 g/mol. The summed E-state index contributed by atoms with van der Waals surface area (Å²) in [6.07, 6.45) is 0. The Kier molecular flexibility index (Phi) is 4.37. The van der Waals surface area contributed by atoms with Gasteiger partial charge in [-0.1, -0.05) is 6.07 Å². The molecule has 1 aromatic heterocycles. The number of rotatable bonds is 5. The van der Waals surface area contributed by atoms with Crippen molar-refractivity contribution < 1.29 is 13.9 Å². The van der Waals surface area contributed by atoms with Crippen LogP contribution in [0.3, 0.4) is 0 Å². The number of amides is 1. The molecule has 0 fully saturated rings. The number of nitrogens with one attached hydrogen (secondary N) is 1. The van der Waals surface area contributed by atoms with Gasteiger partial charge in [0.15, 0.2) is 5.89 Å². The number of hydrogen-bond donors (Lipinski definition) is 2. The third-order valence-electron chi connectivity index (χ3n) is 2.59. The van der Waals surface area contributed by atoms with E-state index < -0.39 is 0 Å². The van der Waals surface area contributed by atoms with E-state index in [9.17, 15) is 4.79 Å². The minimum Gasteiger partial charge on any atom is -0.492 e. The number of anilines is 1. The Hall–Kier alpha value is -2.34. The number of carbonyl (C=O) groups is 1. The fourth-order valence-electron chi connectivity index (χ4n) is 1.77. The molecule has 0 saturated heterocycles. The lowest BCUT2D eigenvalue weighted by molar-refractivity contribution is 0.0994. The van der Waals surface area contributed by atoms with Crippen LogP contribution in [0, 0.1) is 13.8 Å². The molecule has 0 bridgehead atoms. The average molecular weight is 275 g/mol. The van der Waals surface area contributed by atoms with E-state index in [2.05, 4.69) is 10.3 Å². The number of aryl methyl sites for hydroxylation is 2. The van der Waals surface area contributed by atoms with Crippen molar-refractivity contribution in [1.82, 2.24) is 4.98 Å². The fraction of sp³-hybridized carbons (Fsp3) is 0.286. The van der Waals surface area contributed by atoms with Gasteiger partial charge in [0.2, 0.25) is 5.76 Å². The van der Waals surface area contributed by atoms with Crippen molar-refractivity contribution in [3.63, 3.8) is 0 Å². The first kappa shape index (κ1) is 14.1. The highest BCUT2D eigenvalue weighted by Crippen LogP contribution is 2.19. The van der Waals surface area contributed by atoms with E-state index in [1.165, 1.54) is 0 Å². The molecule has 0 saturated carbocycles. The number of aromatic nitrogens is 1. The number of hydrogen-bond acceptors (Lipinski definition) is 5. The topological polar surface area (TPSA) is 90.4 Å². The van der Waals surface area contributed by atoms with E-state index in [0.717, 1.165) is 0 Å². The molecule has 1 aromatic carbocycles. The second-order valence-corrected chi connectivity index (χ2v) is 4.27. The maximum atomic E-state index is 12.1. The molecule has 2 rings (SSSR count). The quantitative estimate of drug-likeness (QED) is 0.869. The van der Waals surface area contributed by atoms with Crippen LogP contribution >= 0.6 is 0 Å². The van der Waals surface area contributed by atoms with E-state index >= 15 is 0 Å². The molecule has 0 spiro atoms. The van der Waals surface area contributed by atoms with E-state index in [0.29, 0.717) is 36.2 Å². The summed E-state index contributed by atoms with van der Waals surface area (Å²) in [5, 5.41) is 2.75. The zero-order valence-corrected chi connectivity index (χ0v) is 11.5. The van der Waals surface area contributed by atoms with Crippen LogP contribution < -0.4 is 15.8 Å². The highest BCUT2D eigenvalue weighted by Gasteiger charge is 2.16. The molecule has 0 aliphatic carbocycles. The zero-order valence-electron chi connectivity index (χ0n) is 11.5. The van der Waals surface area contributed by atoms with Crippen molar-refractivity contribution in [3.8, 4) is 5.75 Å². The SMILES string of the molecule is Cc1nc(C)c(C(=O)Nc2cccc(OCCN)c2)o1. The smallest absolute Gasteiger partial charge is 0.293 e. The first-order chi connectivity index (χ1) is 9.60. The molecule has 106 valence electrons. The number of carbonyl (C=O) groups excluding carboxylic acids is 1.